The van der Waals surface area contributed by atoms with Crippen LogP contribution in [0.3, 0.4) is 0 Å². The molecule has 1 aliphatic rings. The van der Waals surface area contributed by atoms with Crippen molar-refractivity contribution in [3.8, 4) is 0 Å². The molecule has 112 valence electrons. The number of carbonyl (C=O) groups excluding carboxylic acids is 1. The second-order valence-electron chi connectivity index (χ2n) is 6.02. The topological polar surface area (TPSA) is 20.3 Å². The molecule has 2 aromatic rings. The number of carbonyl (C=O) groups is 1. The summed E-state index contributed by atoms with van der Waals surface area (Å²) in [6.07, 6.45) is 7.19. The number of rotatable bonds is 4. The minimum Gasteiger partial charge on any atom is -0.378 e. The van der Waals surface area contributed by atoms with E-state index in [2.05, 4.69) is 18.2 Å². The number of fused-ring (bicyclic) bond motifs is 1. The molecule has 2 heteroatoms. The van der Waals surface area contributed by atoms with Gasteiger partial charge in [0, 0.05) is 25.3 Å². The van der Waals surface area contributed by atoms with E-state index in [1.54, 1.807) is 6.08 Å². The summed E-state index contributed by atoms with van der Waals surface area (Å²) in [5.41, 5.74) is 5.83. The van der Waals surface area contributed by atoms with Crippen LogP contribution in [0.25, 0.3) is 6.08 Å². The van der Waals surface area contributed by atoms with E-state index >= 15 is 0 Å². The van der Waals surface area contributed by atoms with Crippen LogP contribution < -0.4 is 4.90 Å². The largest absolute Gasteiger partial charge is 0.378 e. The summed E-state index contributed by atoms with van der Waals surface area (Å²) in [6, 6.07) is 14.2. The minimum absolute atomic E-state index is 0.0470. The average Bonchev–Trinajstić information content (AvgIpc) is 3.00. The molecule has 22 heavy (non-hydrogen) atoms. The number of nitrogens with zero attached hydrogens (tertiary/aromatic N) is 1. The van der Waals surface area contributed by atoms with Crippen LogP contribution in [0.5, 0.6) is 0 Å². The normalized spacial score (nSPS) is 13.4. The Bertz CT molecular complexity index is 711. The number of allylic oxidation sites excluding steroid dienone is 1. The molecule has 0 saturated carbocycles. The van der Waals surface area contributed by atoms with Crippen LogP contribution in [-0.4, -0.2) is 19.9 Å². The van der Waals surface area contributed by atoms with Gasteiger partial charge in [-0.05, 0) is 66.3 Å². The van der Waals surface area contributed by atoms with Crippen LogP contribution in [0.2, 0.25) is 0 Å². The molecule has 2 nitrogen and oxygen atoms in total. The van der Waals surface area contributed by atoms with Crippen LogP contribution in [0.1, 0.15) is 33.5 Å². The molecule has 0 atom stereocenters. The summed E-state index contributed by atoms with van der Waals surface area (Å²) in [5, 5.41) is 0. The van der Waals surface area contributed by atoms with E-state index in [-0.39, 0.29) is 5.78 Å². The van der Waals surface area contributed by atoms with Gasteiger partial charge in [0.15, 0.2) is 5.78 Å². The standard InChI is InChI=1S/C20H21NO/c1-21(2)19-11-9-17(10-12-19)20(22)13-7-15-6-8-16-4-3-5-18(16)14-15/h6-14H,3-5H2,1-2H3. The molecule has 0 spiro atoms. The van der Waals surface area contributed by atoms with Crippen molar-refractivity contribution in [1.29, 1.82) is 0 Å². The number of anilines is 1. The van der Waals surface area contributed by atoms with Crippen molar-refractivity contribution in [3.05, 3.63) is 70.8 Å². The van der Waals surface area contributed by atoms with Crippen LogP contribution >= 0.6 is 0 Å². The number of hydrogen-bond donors (Lipinski definition) is 0. The fourth-order valence-electron chi connectivity index (χ4n) is 2.89. The summed E-state index contributed by atoms with van der Waals surface area (Å²) in [5.74, 6) is 0.0470. The first-order valence-corrected chi connectivity index (χ1v) is 7.75. The maximum absolute atomic E-state index is 12.2. The molecule has 0 unspecified atom stereocenters. The molecule has 0 N–H and O–H groups in total. The molecular weight excluding hydrogens is 270 g/mol. The van der Waals surface area contributed by atoms with E-state index in [0.717, 1.165) is 23.2 Å². The Morgan fingerprint density at radius 1 is 1.00 bits per heavy atom. The summed E-state index contributed by atoms with van der Waals surface area (Å²) in [4.78, 5) is 14.3. The van der Waals surface area contributed by atoms with E-state index in [1.165, 1.54) is 24.0 Å². The molecule has 2 aromatic carbocycles. The smallest absolute Gasteiger partial charge is 0.185 e. The summed E-state index contributed by atoms with van der Waals surface area (Å²) in [6.45, 7) is 0. The van der Waals surface area contributed by atoms with Gasteiger partial charge in [0.25, 0.3) is 0 Å². The van der Waals surface area contributed by atoms with Gasteiger partial charge in [0.05, 0.1) is 0 Å². The van der Waals surface area contributed by atoms with E-state index in [1.807, 2.05) is 49.3 Å². The quantitative estimate of drug-likeness (QED) is 0.623. The molecule has 0 aliphatic heterocycles. The molecule has 0 aromatic heterocycles. The highest BCUT2D eigenvalue weighted by Gasteiger charge is 2.10. The molecule has 0 saturated heterocycles. The Morgan fingerprint density at radius 3 is 2.45 bits per heavy atom. The van der Waals surface area contributed by atoms with Gasteiger partial charge in [-0.2, -0.15) is 0 Å². The fraction of sp³-hybridized carbons (Fsp3) is 0.250. The zero-order valence-corrected chi connectivity index (χ0v) is 13.2. The highest BCUT2D eigenvalue weighted by Crippen LogP contribution is 2.23. The third-order valence-electron chi connectivity index (χ3n) is 4.22. The van der Waals surface area contributed by atoms with Crippen molar-refractivity contribution >= 4 is 17.5 Å². The molecule has 0 bridgehead atoms. The van der Waals surface area contributed by atoms with Gasteiger partial charge >= 0.3 is 0 Å². The molecule has 0 fully saturated rings. The number of ketones is 1. The van der Waals surface area contributed by atoms with Crippen LogP contribution in [0.15, 0.2) is 48.5 Å². The third kappa shape index (κ3) is 3.11. The van der Waals surface area contributed by atoms with Crippen LogP contribution in [0.4, 0.5) is 5.69 Å². The molecular formula is C20H21NO. The highest BCUT2D eigenvalue weighted by molar-refractivity contribution is 6.07. The van der Waals surface area contributed by atoms with Gasteiger partial charge < -0.3 is 4.90 Å². The Morgan fingerprint density at radius 2 is 1.73 bits per heavy atom. The van der Waals surface area contributed by atoms with Crippen LogP contribution in [0, 0.1) is 0 Å². The van der Waals surface area contributed by atoms with E-state index < -0.39 is 0 Å². The van der Waals surface area contributed by atoms with Crippen molar-refractivity contribution in [2.75, 3.05) is 19.0 Å². The van der Waals surface area contributed by atoms with Crippen molar-refractivity contribution in [1.82, 2.24) is 0 Å². The fourth-order valence-corrected chi connectivity index (χ4v) is 2.89. The Balaban J connectivity index is 1.73. The second kappa shape index (κ2) is 6.18. The molecule has 0 heterocycles. The second-order valence-corrected chi connectivity index (χ2v) is 6.02. The first kappa shape index (κ1) is 14.6. The monoisotopic (exact) mass is 291 g/mol. The summed E-state index contributed by atoms with van der Waals surface area (Å²) >= 11 is 0. The lowest BCUT2D eigenvalue weighted by molar-refractivity contribution is 0.104. The predicted molar refractivity (Wildman–Crippen MR) is 92.6 cm³/mol. The molecule has 3 rings (SSSR count). The number of aryl methyl sites for hydroxylation is 2. The Kier molecular flexibility index (Phi) is 4.10. The van der Waals surface area contributed by atoms with Crippen molar-refractivity contribution < 1.29 is 4.79 Å². The van der Waals surface area contributed by atoms with Gasteiger partial charge in [0.2, 0.25) is 0 Å². The number of benzene rings is 2. The zero-order valence-electron chi connectivity index (χ0n) is 13.2. The maximum atomic E-state index is 12.2. The van der Waals surface area contributed by atoms with Crippen molar-refractivity contribution in [3.63, 3.8) is 0 Å². The van der Waals surface area contributed by atoms with Gasteiger partial charge in [-0.1, -0.05) is 24.3 Å². The lowest BCUT2D eigenvalue weighted by Gasteiger charge is -2.11. The van der Waals surface area contributed by atoms with E-state index in [9.17, 15) is 4.79 Å². The molecule has 0 amide bonds. The average molecular weight is 291 g/mol. The zero-order chi connectivity index (χ0) is 15.5. The van der Waals surface area contributed by atoms with Gasteiger partial charge in [-0.25, -0.2) is 0 Å². The van der Waals surface area contributed by atoms with E-state index in [4.69, 9.17) is 0 Å². The first-order valence-electron chi connectivity index (χ1n) is 7.75. The van der Waals surface area contributed by atoms with Gasteiger partial charge in [-0.15, -0.1) is 0 Å². The lowest BCUT2D eigenvalue weighted by Crippen LogP contribution is -2.08. The maximum Gasteiger partial charge on any atom is 0.185 e. The van der Waals surface area contributed by atoms with E-state index in [0.29, 0.717) is 0 Å². The summed E-state index contributed by atoms with van der Waals surface area (Å²) in [7, 11) is 3.98. The highest BCUT2D eigenvalue weighted by atomic mass is 16.1. The minimum atomic E-state index is 0.0470. The number of hydrogen-bond acceptors (Lipinski definition) is 2. The van der Waals surface area contributed by atoms with Gasteiger partial charge in [-0.3, -0.25) is 4.79 Å². The van der Waals surface area contributed by atoms with Crippen LogP contribution in [-0.2, 0) is 12.8 Å². The SMILES string of the molecule is CN(C)c1ccc(C(=O)C=Cc2ccc3c(c2)CCC3)cc1. The molecule has 1 aliphatic carbocycles. The summed E-state index contributed by atoms with van der Waals surface area (Å²) < 4.78 is 0. The first-order chi connectivity index (χ1) is 10.6. The van der Waals surface area contributed by atoms with Crippen molar-refractivity contribution in [2.24, 2.45) is 0 Å². The van der Waals surface area contributed by atoms with Gasteiger partial charge in [0.1, 0.15) is 0 Å². The predicted octanol–water partition coefficient (Wildman–Crippen LogP) is 4.14. The Hall–Kier alpha value is -2.35. The Labute approximate surface area is 132 Å². The lowest BCUT2D eigenvalue weighted by atomic mass is 10.0. The molecule has 0 radical (unpaired) electrons. The third-order valence-corrected chi connectivity index (χ3v) is 4.22. The van der Waals surface area contributed by atoms with Crippen molar-refractivity contribution in [2.45, 2.75) is 19.3 Å².